The number of aliphatic carboxylic acids is 1. The first-order valence-corrected chi connectivity index (χ1v) is 8.17. The second kappa shape index (κ2) is 5.30. The second-order valence-corrected chi connectivity index (χ2v) is 7.35. The van der Waals surface area contributed by atoms with Gasteiger partial charge in [-0.1, -0.05) is 6.92 Å². The van der Waals surface area contributed by atoms with Gasteiger partial charge >= 0.3 is 5.97 Å². The molecule has 0 spiro atoms. The van der Waals surface area contributed by atoms with E-state index in [1.807, 2.05) is 6.92 Å². The Morgan fingerprint density at radius 1 is 1.52 bits per heavy atom. The molecule has 0 aromatic heterocycles. The van der Waals surface area contributed by atoms with Crippen LogP contribution in [0.3, 0.4) is 0 Å². The zero-order chi connectivity index (χ0) is 15.3. The van der Waals surface area contributed by atoms with E-state index in [-0.39, 0.29) is 23.6 Å². The van der Waals surface area contributed by atoms with Crippen molar-refractivity contribution in [2.24, 2.45) is 11.8 Å². The molecular weight excluding hydrogens is 292 g/mol. The normalized spacial score (nSPS) is 36.7. The van der Waals surface area contributed by atoms with Crippen molar-refractivity contribution in [2.45, 2.75) is 37.7 Å². The molecule has 0 aromatic rings. The van der Waals surface area contributed by atoms with Gasteiger partial charge in [-0.3, -0.25) is 4.79 Å². The monoisotopic (exact) mass is 312 g/mol. The number of aliphatic hydroxyl groups excluding tert-OH is 1. The Labute approximate surface area is 127 Å². The molecule has 5 unspecified atom stereocenters. The molecule has 2 fully saturated rings. The lowest BCUT2D eigenvalue weighted by molar-refractivity contribution is -0.163. The van der Waals surface area contributed by atoms with Gasteiger partial charge in [0.15, 0.2) is 0 Å². The predicted molar refractivity (Wildman–Crippen MR) is 78.5 cm³/mol. The topological polar surface area (TPSA) is 89.9 Å². The number of nitrogens with zero attached hydrogens (tertiary/aromatic N) is 1. The first-order valence-electron chi connectivity index (χ1n) is 7.29. The van der Waals surface area contributed by atoms with Crippen LogP contribution in [-0.4, -0.2) is 57.5 Å². The first-order chi connectivity index (χ1) is 9.93. The number of thioether (sulfide) groups is 1. The third kappa shape index (κ3) is 2.18. The van der Waals surface area contributed by atoms with Gasteiger partial charge in [-0.05, 0) is 19.9 Å². The number of hydrogen-bond donors (Lipinski definition) is 3. The number of carbonyl (C=O) groups is 2. The van der Waals surface area contributed by atoms with Gasteiger partial charge in [0.25, 0.3) is 0 Å². The number of carbonyl (C=O) groups excluding carboxylic acids is 1. The minimum atomic E-state index is -1.05. The van der Waals surface area contributed by atoms with E-state index in [2.05, 4.69) is 5.32 Å². The number of aliphatic hydroxyl groups is 1. The highest BCUT2D eigenvalue weighted by Crippen LogP contribution is 2.51. The summed E-state index contributed by atoms with van der Waals surface area (Å²) in [5.74, 6) is -1.82. The number of carboxylic acids is 1. The van der Waals surface area contributed by atoms with Crippen LogP contribution >= 0.6 is 11.8 Å². The Bertz CT molecular complexity index is 513. The van der Waals surface area contributed by atoms with Crippen LogP contribution in [0.5, 0.6) is 0 Å². The van der Waals surface area contributed by atoms with E-state index in [1.54, 1.807) is 18.7 Å². The Balaban J connectivity index is 1.89. The van der Waals surface area contributed by atoms with Crippen LogP contribution in [0.1, 0.15) is 20.3 Å². The Kier molecular flexibility index (Phi) is 3.75. The number of carboxylic acid groups (broad SMARTS) is 1. The van der Waals surface area contributed by atoms with Crippen LogP contribution in [0.15, 0.2) is 10.6 Å². The fourth-order valence-electron chi connectivity index (χ4n) is 3.59. The van der Waals surface area contributed by atoms with E-state index in [9.17, 15) is 19.8 Å². The summed E-state index contributed by atoms with van der Waals surface area (Å²) in [6, 6.07) is -0.208. The van der Waals surface area contributed by atoms with Crippen LogP contribution in [-0.2, 0) is 9.59 Å². The summed E-state index contributed by atoms with van der Waals surface area (Å²) in [5.41, 5.74) is 0.131. The van der Waals surface area contributed by atoms with Crippen molar-refractivity contribution in [3.8, 4) is 0 Å². The van der Waals surface area contributed by atoms with Gasteiger partial charge in [0, 0.05) is 22.6 Å². The van der Waals surface area contributed by atoms with E-state index in [0.717, 1.165) is 24.4 Å². The van der Waals surface area contributed by atoms with Crippen molar-refractivity contribution in [2.75, 3.05) is 13.1 Å². The molecule has 3 heterocycles. The maximum atomic E-state index is 12.2. The minimum Gasteiger partial charge on any atom is -0.477 e. The first kappa shape index (κ1) is 14.9. The van der Waals surface area contributed by atoms with Crippen molar-refractivity contribution in [3.63, 3.8) is 0 Å². The van der Waals surface area contributed by atoms with Crippen LogP contribution in [0.25, 0.3) is 0 Å². The van der Waals surface area contributed by atoms with E-state index < -0.39 is 18.0 Å². The molecule has 0 aromatic carbocycles. The number of rotatable bonds is 4. The van der Waals surface area contributed by atoms with Crippen LogP contribution in [0, 0.1) is 11.8 Å². The summed E-state index contributed by atoms with van der Waals surface area (Å²) < 4.78 is 0. The maximum Gasteiger partial charge on any atom is 0.353 e. The van der Waals surface area contributed by atoms with Crippen molar-refractivity contribution in [3.05, 3.63) is 10.6 Å². The maximum absolute atomic E-state index is 12.2. The standard InChI is InChI=1S/C14H20N2O4S/c1-6-10-9(7(2)17)13(18)16(10)11(14(19)20)12(6)21-8-3-4-15-5-8/h6-10,15,17H,3-5H2,1-2H3,(H,19,20). The third-order valence-corrected chi connectivity index (χ3v) is 6.17. The number of amides is 1. The molecule has 0 aliphatic carbocycles. The van der Waals surface area contributed by atoms with Gasteiger partial charge in [0.1, 0.15) is 5.70 Å². The molecule has 5 atom stereocenters. The molecule has 3 aliphatic rings. The minimum absolute atomic E-state index is 0.0287. The fraction of sp³-hybridized carbons (Fsp3) is 0.714. The van der Waals surface area contributed by atoms with E-state index >= 15 is 0 Å². The molecule has 3 N–H and O–H groups in total. The molecule has 0 saturated carbocycles. The Hall–Kier alpha value is -1.05. The van der Waals surface area contributed by atoms with Crippen LogP contribution in [0.4, 0.5) is 0 Å². The van der Waals surface area contributed by atoms with Gasteiger partial charge in [-0.15, -0.1) is 11.8 Å². The number of fused-ring (bicyclic) bond motifs is 1. The summed E-state index contributed by atoms with van der Waals surface area (Å²) in [4.78, 5) is 25.9. The molecule has 1 amide bonds. The largest absolute Gasteiger partial charge is 0.477 e. The molecule has 3 rings (SSSR count). The van der Waals surface area contributed by atoms with Crippen LogP contribution in [0.2, 0.25) is 0 Å². The lowest BCUT2D eigenvalue weighted by Crippen LogP contribution is -2.63. The summed E-state index contributed by atoms with van der Waals surface area (Å²) in [5, 5.41) is 22.9. The average molecular weight is 312 g/mol. The quantitative estimate of drug-likeness (QED) is 0.644. The molecule has 3 aliphatic heterocycles. The number of hydrogen-bond acceptors (Lipinski definition) is 5. The van der Waals surface area contributed by atoms with Crippen LogP contribution < -0.4 is 5.32 Å². The van der Waals surface area contributed by atoms with Crippen molar-refractivity contribution >= 4 is 23.6 Å². The van der Waals surface area contributed by atoms with Crippen molar-refractivity contribution in [1.82, 2.24) is 10.2 Å². The summed E-state index contributed by atoms with van der Waals surface area (Å²) in [6.07, 6.45) is 0.264. The fourth-order valence-corrected chi connectivity index (χ4v) is 5.03. The molecule has 21 heavy (non-hydrogen) atoms. The highest BCUT2D eigenvalue weighted by Gasteiger charge is 2.60. The smallest absolute Gasteiger partial charge is 0.353 e. The highest BCUT2D eigenvalue weighted by atomic mass is 32.2. The van der Waals surface area contributed by atoms with Crippen molar-refractivity contribution < 1.29 is 19.8 Å². The average Bonchev–Trinajstić information content (AvgIpc) is 2.97. The summed E-state index contributed by atoms with van der Waals surface area (Å²) >= 11 is 1.58. The number of nitrogens with one attached hydrogen (secondary N) is 1. The second-order valence-electron chi connectivity index (χ2n) is 6.00. The SMILES string of the molecule is CC(O)C1C(=O)N2C(C(=O)O)=C(SC3CCNC3)C(C)C12. The molecule has 2 saturated heterocycles. The van der Waals surface area contributed by atoms with E-state index in [0.29, 0.717) is 5.25 Å². The molecule has 6 nitrogen and oxygen atoms in total. The van der Waals surface area contributed by atoms with Gasteiger partial charge in [0.05, 0.1) is 18.1 Å². The zero-order valence-corrected chi connectivity index (χ0v) is 12.9. The Morgan fingerprint density at radius 3 is 2.76 bits per heavy atom. The molecule has 116 valence electrons. The molecular formula is C14H20N2O4S. The van der Waals surface area contributed by atoms with E-state index in [1.165, 1.54) is 4.90 Å². The zero-order valence-electron chi connectivity index (χ0n) is 12.1. The number of β-lactam (4-membered cyclic amide) rings is 1. The lowest BCUT2D eigenvalue weighted by Gasteiger charge is -2.46. The van der Waals surface area contributed by atoms with Gasteiger partial charge in [-0.2, -0.15) is 0 Å². The van der Waals surface area contributed by atoms with Gasteiger partial charge < -0.3 is 20.4 Å². The molecule has 0 radical (unpaired) electrons. The van der Waals surface area contributed by atoms with Crippen molar-refractivity contribution in [1.29, 1.82) is 0 Å². The Morgan fingerprint density at radius 2 is 2.24 bits per heavy atom. The predicted octanol–water partition coefficient (Wildman–Crippen LogP) is 0.235. The highest BCUT2D eigenvalue weighted by molar-refractivity contribution is 8.03. The van der Waals surface area contributed by atoms with Gasteiger partial charge in [-0.25, -0.2) is 4.79 Å². The third-order valence-electron chi connectivity index (χ3n) is 4.62. The molecule has 7 heteroatoms. The van der Waals surface area contributed by atoms with E-state index in [4.69, 9.17) is 0 Å². The lowest BCUT2D eigenvalue weighted by atomic mass is 9.79. The summed E-state index contributed by atoms with van der Waals surface area (Å²) in [6.45, 7) is 5.37. The van der Waals surface area contributed by atoms with Gasteiger partial charge in [0.2, 0.25) is 5.91 Å². The molecule has 0 bridgehead atoms. The summed E-state index contributed by atoms with van der Waals surface area (Å²) in [7, 11) is 0.